The monoisotopic (exact) mass is 402 g/mol. The van der Waals surface area contributed by atoms with Crippen molar-refractivity contribution in [1.29, 1.82) is 0 Å². The van der Waals surface area contributed by atoms with Gasteiger partial charge in [0.05, 0.1) is 17.4 Å². The molecule has 0 radical (unpaired) electrons. The molecule has 0 bridgehead atoms. The molecular weight excluding hydrogens is 376 g/mol. The molecule has 2 aliphatic heterocycles. The lowest BCUT2D eigenvalue weighted by molar-refractivity contribution is 0.279. The van der Waals surface area contributed by atoms with Gasteiger partial charge in [0.15, 0.2) is 0 Å². The Bertz CT molecular complexity index is 1030. The highest BCUT2D eigenvalue weighted by atomic mass is 16.5. The largest absolute Gasteiger partial charge is 0.472 e. The zero-order chi connectivity index (χ0) is 19.9. The van der Waals surface area contributed by atoms with Gasteiger partial charge in [-0.3, -0.25) is 0 Å². The predicted molar refractivity (Wildman–Crippen MR) is 115 cm³/mol. The Labute approximate surface area is 176 Å². The van der Waals surface area contributed by atoms with E-state index in [4.69, 9.17) is 14.8 Å². The van der Waals surface area contributed by atoms with Crippen molar-refractivity contribution in [3.8, 4) is 22.8 Å². The minimum absolute atomic E-state index is 0.495. The van der Waals surface area contributed by atoms with Crippen molar-refractivity contribution >= 4 is 5.82 Å². The molecule has 0 aromatic carbocycles. The third-order valence-electron chi connectivity index (χ3n) is 6.57. The van der Waals surface area contributed by atoms with Gasteiger partial charge in [0.1, 0.15) is 18.1 Å². The van der Waals surface area contributed by atoms with E-state index in [1.165, 1.54) is 32.1 Å². The van der Waals surface area contributed by atoms with Gasteiger partial charge in [-0.1, -0.05) is 6.42 Å². The molecule has 0 atom stereocenters. The molecule has 0 unspecified atom stereocenters. The standard InChI is InChI=1S/C23H26N6O/c1-3-17(4-1)26-18-8-11-28(12-9-18)21-7-6-19(13-25-21)29-14-16-15-30-23-20(22(16)27-29)5-2-10-24-23/h2,5-7,10,13-14,17-18,26H,1,3-4,8-9,11-12,15H2. The average Bonchev–Trinajstić information content (AvgIpc) is 3.22. The number of anilines is 1. The van der Waals surface area contributed by atoms with Crippen molar-refractivity contribution in [2.75, 3.05) is 18.0 Å². The number of hydrogen-bond donors (Lipinski definition) is 1. The predicted octanol–water partition coefficient (Wildman–Crippen LogP) is 3.33. The summed E-state index contributed by atoms with van der Waals surface area (Å²) < 4.78 is 7.64. The second kappa shape index (κ2) is 7.40. The lowest BCUT2D eigenvalue weighted by atomic mass is 9.91. The van der Waals surface area contributed by atoms with Crippen molar-refractivity contribution < 1.29 is 4.74 Å². The maximum atomic E-state index is 5.75. The Morgan fingerprint density at radius 3 is 2.63 bits per heavy atom. The zero-order valence-electron chi connectivity index (χ0n) is 17.0. The van der Waals surface area contributed by atoms with Crippen molar-refractivity contribution in [1.82, 2.24) is 25.1 Å². The summed E-state index contributed by atoms with van der Waals surface area (Å²) in [5, 5.41) is 8.61. The van der Waals surface area contributed by atoms with Crippen LogP contribution in [0.4, 0.5) is 5.82 Å². The molecule has 1 saturated carbocycles. The van der Waals surface area contributed by atoms with Gasteiger partial charge < -0.3 is 15.0 Å². The van der Waals surface area contributed by atoms with E-state index >= 15 is 0 Å². The first-order valence-corrected chi connectivity index (χ1v) is 11.0. The number of ether oxygens (including phenoxy) is 1. The first-order valence-electron chi connectivity index (χ1n) is 11.0. The Morgan fingerprint density at radius 1 is 1.00 bits per heavy atom. The molecule has 7 nitrogen and oxygen atoms in total. The summed E-state index contributed by atoms with van der Waals surface area (Å²) in [7, 11) is 0. The third kappa shape index (κ3) is 3.23. The first-order chi connectivity index (χ1) is 14.8. The van der Waals surface area contributed by atoms with Gasteiger partial charge in [0.25, 0.3) is 0 Å². The molecule has 7 heteroatoms. The maximum Gasteiger partial charge on any atom is 0.223 e. The van der Waals surface area contributed by atoms with Crippen LogP contribution in [0.25, 0.3) is 16.9 Å². The van der Waals surface area contributed by atoms with Gasteiger partial charge in [-0.2, -0.15) is 5.10 Å². The van der Waals surface area contributed by atoms with Crippen molar-refractivity contribution in [2.24, 2.45) is 0 Å². The number of rotatable bonds is 4. The summed E-state index contributed by atoms with van der Waals surface area (Å²) in [4.78, 5) is 11.4. The molecule has 6 rings (SSSR count). The van der Waals surface area contributed by atoms with Gasteiger partial charge in [-0.15, -0.1) is 0 Å². The number of nitrogens with zero attached hydrogens (tertiary/aromatic N) is 5. The van der Waals surface area contributed by atoms with E-state index in [0.29, 0.717) is 18.5 Å². The molecule has 3 aliphatic rings. The SMILES string of the molecule is c1cnc2c(c1)-c1nn(-c3ccc(N4CCC(NC5CCC5)CC4)nc3)cc1CO2. The average molecular weight is 403 g/mol. The fourth-order valence-electron chi connectivity index (χ4n) is 4.59. The van der Waals surface area contributed by atoms with Crippen LogP contribution in [0.2, 0.25) is 0 Å². The molecule has 1 aliphatic carbocycles. The van der Waals surface area contributed by atoms with Crippen LogP contribution < -0.4 is 15.0 Å². The van der Waals surface area contributed by atoms with Gasteiger partial charge in [0, 0.05) is 43.1 Å². The molecule has 0 spiro atoms. The number of aromatic nitrogens is 4. The van der Waals surface area contributed by atoms with Crippen LogP contribution >= 0.6 is 0 Å². The summed E-state index contributed by atoms with van der Waals surface area (Å²) in [6.45, 7) is 2.62. The highest BCUT2D eigenvalue weighted by molar-refractivity contribution is 5.69. The van der Waals surface area contributed by atoms with Crippen molar-refractivity contribution in [3.63, 3.8) is 0 Å². The maximum absolute atomic E-state index is 5.75. The highest BCUT2D eigenvalue weighted by Gasteiger charge is 2.25. The minimum atomic E-state index is 0.495. The molecule has 1 saturated heterocycles. The molecule has 3 aromatic heterocycles. The van der Waals surface area contributed by atoms with E-state index < -0.39 is 0 Å². The van der Waals surface area contributed by atoms with Crippen LogP contribution in [-0.2, 0) is 6.61 Å². The van der Waals surface area contributed by atoms with E-state index in [1.54, 1.807) is 6.20 Å². The quantitative estimate of drug-likeness (QED) is 0.722. The molecule has 0 amide bonds. The van der Waals surface area contributed by atoms with E-state index in [2.05, 4.69) is 27.3 Å². The Kier molecular flexibility index (Phi) is 4.41. The minimum Gasteiger partial charge on any atom is -0.472 e. The van der Waals surface area contributed by atoms with Crippen LogP contribution in [0.3, 0.4) is 0 Å². The van der Waals surface area contributed by atoms with Crippen LogP contribution in [0.1, 0.15) is 37.7 Å². The number of fused-ring (bicyclic) bond motifs is 3. The molecule has 2 fully saturated rings. The number of pyridine rings is 2. The Hall–Kier alpha value is -2.93. The fraction of sp³-hybridized carbons (Fsp3) is 0.435. The third-order valence-corrected chi connectivity index (χ3v) is 6.57. The van der Waals surface area contributed by atoms with Gasteiger partial charge in [0.2, 0.25) is 5.88 Å². The van der Waals surface area contributed by atoms with E-state index in [0.717, 1.165) is 47.5 Å². The highest BCUT2D eigenvalue weighted by Crippen LogP contribution is 2.35. The fourth-order valence-corrected chi connectivity index (χ4v) is 4.59. The topological polar surface area (TPSA) is 68.1 Å². The summed E-state index contributed by atoms with van der Waals surface area (Å²) >= 11 is 0. The number of nitrogens with one attached hydrogen (secondary N) is 1. The normalized spacial score (nSPS) is 19.0. The van der Waals surface area contributed by atoms with Crippen molar-refractivity contribution in [2.45, 2.75) is 50.8 Å². The molecule has 5 heterocycles. The van der Waals surface area contributed by atoms with Crippen LogP contribution in [0.5, 0.6) is 5.88 Å². The zero-order valence-corrected chi connectivity index (χ0v) is 17.0. The summed E-state index contributed by atoms with van der Waals surface area (Å²) in [6, 6.07) is 9.57. The van der Waals surface area contributed by atoms with E-state index in [1.807, 2.05) is 29.2 Å². The summed E-state index contributed by atoms with van der Waals surface area (Å²) in [6.07, 6.45) is 12.2. The summed E-state index contributed by atoms with van der Waals surface area (Å²) in [5.41, 5.74) is 3.91. The first kappa shape index (κ1) is 17.9. The van der Waals surface area contributed by atoms with Crippen molar-refractivity contribution in [3.05, 3.63) is 48.4 Å². The second-order valence-electron chi connectivity index (χ2n) is 8.52. The van der Waals surface area contributed by atoms with E-state index in [-0.39, 0.29) is 0 Å². The molecule has 1 N–H and O–H groups in total. The van der Waals surface area contributed by atoms with E-state index in [9.17, 15) is 0 Å². The number of hydrogen-bond acceptors (Lipinski definition) is 6. The van der Waals surface area contributed by atoms with Gasteiger partial charge >= 0.3 is 0 Å². The van der Waals surface area contributed by atoms with Crippen LogP contribution in [-0.4, -0.2) is 44.9 Å². The van der Waals surface area contributed by atoms with Crippen LogP contribution in [0, 0.1) is 0 Å². The lowest BCUT2D eigenvalue weighted by Gasteiger charge is -2.37. The van der Waals surface area contributed by atoms with Crippen LogP contribution in [0.15, 0.2) is 42.9 Å². The second-order valence-corrected chi connectivity index (χ2v) is 8.52. The molecule has 3 aromatic rings. The summed E-state index contributed by atoms with van der Waals surface area (Å²) in [5.74, 6) is 1.70. The number of piperidine rings is 1. The van der Waals surface area contributed by atoms with Gasteiger partial charge in [-0.25, -0.2) is 14.6 Å². The van der Waals surface area contributed by atoms with Gasteiger partial charge in [-0.05, 0) is 49.9 Å². The molecular formula is C23H26N6O. The Balaban J connectivity index is 1.15. The lowest BCUT2D eigenvalue weighted by Crippen LogP contribution is -2.48. The molecule has 30 heavy (non-hydrogen) atoms. The Morgan fingerprint density at radius 2 is 1.87 bits per heavy atom. The molecule has 154 valence electrons. The smallest absolute Gasteiger partial charge is 0.223 e.